The van der Waals surface area contributed by atoms with Crippen molar-refractivity contribution in [1.29, 1.82) is 0 Å². The first-order valence-corrected chi connectivity index (χ1v) is 8.91. The van der Waals surface area contributed by atoms with Gasteiger partial charge in [0.25, 0.3) is 0 Å². The van der Waals surface area contributed by atoms with Crippen LogP contribution in [-0.4, -0.2) is 31.6 Å². The van der Waals surface area contributed by atoms with Crippen LogP contribution in [0.1, 0.15) is 44.3 Å². The molecule has 1 amide bonds. The zero-order chi connectivity index (χ0) is 16.1. The summed E-state index contributed by atoms with van der Waals surface area (Å²) in [6.07, 6.45) is 4.18. The number of rotatable bonds is 4. The molecule has 0 spiro atoms. The molecule has 4 nitrogen and oxygen atoms in total. The number of ether oxygens (including phenoxy) is 1. The lowest BCUT2D eigenvalue weighted by Crippen LogP contribution is -2.44. The summed E-state index contributed by atoms with van der Waals surface area (Å²) >= 11 is 0. The van der Waals surface area contributed by atoms with Crippen LogP contribution in [0.25, 0.3) is 0 Å². The molecule has 0 bridgehead atoms. The minimum absolute atomic E-state index is 0.109. The van der Waals surface area contributed by atoms with Crippen LogP contribution in [0.5, 0.6) is 0 Å². The summed E-state index contributed by atoms with van der Waals surface area (Å²) in [6.45, 7) is 4.63. The normalized spacial score (nSPS) is 31.5. The number of carbonyl (C=O) groups is 1. The molecular weight excluding hydrogens is 288 g/mol. The zero-order valence-electron chi connectivity index (χ0n) is 14.0. The standard InChI is InChI=1S/C19H28N2O2/c1-14-12-16(9-10-20-14)19(22)21-13-17-8-5-11-23-18(17)15-6-3-2-4-7-15/h2-4,6-7,14,16-18,20H,5,8-13H2,1H3,(H,21,22)/t14-,16-,17?,18?/m0/s1. The van der Waals surface area contributed by atoms with E-state index < -0.39 is 0 Å². The molecule has 2 unspecified atom stereocenters. The maximum absolute atomic E-state index is 12.4. The summed E-state index contributed by atoms with van der Waals surface area (Å²) in [6, 6.07) is 10.8. The summed E-state index contributed by atoms with van der Waals surface area (Å²) in [5.41, 5.74) is 1.22. The number of amides is 1. The third-order valence-corrected chi connectivity index (χ3v) is 5.11. The minimum atomic E-state index is 0.109. The van der Waals surface area contributed by atoms with E-state index in [-0.39, 0.29) is 17.9 Å². The Bertz CT molecular complexity index is 505. The summed E-state index contributed by atoms with van der Waals surface area (Å²) in [5, 5.41) is 6.60. The van der Waals surface area contributed by atoms with Gasteiger partial charge in [0, 0.05) is 31.0 Å². The van der Waals surface area contributed by atoms with E-state index in [9.17, 15) is 4.79 Å². The summed E-state index contributed by atoms with van der Waals surface area (Å²) in [7, 11) is 0. The van der Waals surface area contributed by atoms with Crippen molar-refractivity contribution in [2.45, 2.75) is 44.8 Å². The zero-order valence-corrected chi connectivity index (χ0v) is 14.0. The fourth-order valence-corrected chi connectivity index (χ4v) is 3.81. The molecule has 0 aromatic heterocycles. The molecule has 2 heterocycles. The van der Waals surface area contributed by atoms with Gasteiger partial charge in [-0.2, -0.15) is 0 Å². The highest BCUT2D eigenvalue weighted by Crippen LogP contribution is 2.33. The van der Waals surface area contributed by atoms with Crippen LogP contribution in [-0.2, 0) is 9.53 Å². The van der Waals surface area contributed by atoms with Crippen LogP contribution in [0.3, 0.4) is 0 Å². The lowest BCUT2D eigenvalue weighted by atomic mass is 9.88. The van der Waals surface area contributed by atoms with Crippen LogP contribution in [0.15, 0.2) is 30.3 Å². The molecule has 4 heteroatoms. The van der Waals surface area contributed by atoms with E-state index in [0.717, 1.165) is 45.4 Å². The first-order valence-electron chi connectivity index (χ1n) is 8.91. The molecule has 3 rings (SSSR count). The van der Waals surface area contributed by atoms with E-state index in [1.165, 1.54) is 5.56 Å². The van der Waals surface area contributed by atoms with E-state index in [4.69, 9.17) is 4.74 Å². The Kier molecular flexibility index (Phi) is 5.68. The average molecular weight is 316 g/mol. The predicted molar refractivity (Wildman–Crippen MR) is 91.1 cm³/mol. The summed E-state index contributed by atoms with van der Waals surface area (Å²) in [5.74, 6) is 0.746. The van der Waals surface area contributed by atoms with Crippen molar-refractivity contribution in [2.75, 3.05) is 19.7 Å². The Balaban J connectivity index is 1.56. The van der Waals surface area contributed by atoms with Gasteiger partial charge in [-0.3, -0.25) is 4.79 Å². The highest BCUT2D eigenvalue weighted by atomic mass is 16.5. The summed E-state index contributed by atoms with van der Waals surface area (Å²) in [4.78, 5) is 12.4. The number of hydrogen-bond acceptors (Lipinski definition) is 3. The SMILES string of the molecule is C[C@H]1C[C@@H](C(=O)NCC2CCCOC2c2ccccc2)CCN1. The second-order valence-corrected chi connectivity index (χ2v) is 6.93. The van der Waals surface area contributed by atoms with Gasteiger partial charge in [0.15, 0.2) is 0 Å². The number of carbonyl (C=O) groups excluding carboxylic acids is 1. The van der Waals surface area contributed by atoms with Crippen molar-refractivity contribution in [3.05, 3.63) is 35.9 Å². The molecule has 23 heavy (non-hydrogen) atoms. The fourth-order valence-electron chi connectivity index (χ4n) is 3.81. The molecule has 126 valence electrons. The van der Waals surface area contributed by atoms with E-state index in [1.807, 2.05) is 6.07 Å². The molecule has 2 saturated heterocycles. The Hall–Kier alpha value is -1.39. The number of piperidine rings is 1. The molecule has 0 aliphatic carbocycles. The second-order valence-electron chi connectivity index (χ2n) is 6.93. The Morgan fingerprint density at radius 2 is 2.13 bits per heavy atom. The maximum Gasteiger partial charge on any atom is 0.223 e. The highest BCUT2D eigenvalue weighted by molar-refractivity contribution is 5.78. The third kappa shape index (κ3) is 4.33. The van der Waals surface area contributed by atoms with Gasteiger partial charge in [0.05, 0.1) is 6.10 Å². The van der Waals surface area contributed by atoms with Crippen LogP contribution < -0.4 is 10.6 Å². The molecule has 2 fully saturated rings. The van der Waals surface area contributed by atoms with Crippen LogP contribution in [0.2, 0.25) is 0 Å². The Morgan fingerprint density at radius 1 is 1.30 bits per heavy atom. The first-order chi connectivity index (χ1) is 11.2. The van der Waals surface area contributed by atoms with Gasteiger partial charge in [-0.15, -0.1) is 0 Å². The van der Waals surface area contributed by atoms with Crippen molar-refractivity contribution in [2.24, 2.45) is 11.8 Å². The molecular formula is C19H28N2O2. The largest absolute Gasteiger partial charge is 0.373 e. The lowest BCUT2D eigenvalue weighted by Gasteiger charge is -2.33. The van der Waals surface area contributed by atoms with Crippen molar-refractivity contribution < 1.29 is 9.53 Å². The lowest BCUT2D eigenvalue weighted by molar-refractivity contribution is -0.126. The quantitative estimate of drug-likeness (QED) is 0.898. The van der Waals surface area contributed by atoms with Crippen LogP contribution in [0, 0.1) is 11.8 Å². The van der Waals surface area contributed by atoms with Gasteiger partial charge in [-0.25, -0.2) is 0 Å². The monoisotopic (exact) mass is 316 g/mol. The van der Waals surface area contributed by atoms with Gasteiger partial charge in [0.1, 0.15) is 0 Å². The predicted octanol–water partition coefficient (Wildman–Crippen LogP) is 2.66. The molecule has 1 aromatic rings. The molecule has 4 atom stereocenters. The Morgan fingerprint density at radius 3 is 2.91 bits per heavy atom. The van der Waals surface area contributed by atoms with Gasteiger partial charge >= 0.3 is 0 Å². The molecule has 2 aliphatic heterocycles. The van der Waals surface area contributed by atoms with Crippen molar-refractivity contribution in [1.82, 2.24) is 10.6 Å². The van der Waals surface area contributed by atoms with Gasteiger partial charge in [0.2, 0.25) is 5.91 Å². The average Bonchev–Trinajstić information content (AvgIpc) is 2.60. The van der Waals surface area contributed by atoms with E-state index in [2.05, 4.69) is 41.8 Å². The molecule has 1 aromatic carbocycles. The van der Waals surface area contributed by atoms with Crippen molar-refractivity contribution >= 4 is 5.91 Å². The number of benzene rings is 1. The molecule has 2 N–H and O–H groups in total. The fraction of sp³-hybridized carbons (Fsp3) is 0.632. The second kappa shape index (κ2) is 7.93. The van der Waals surface area contributed by atoms with E-state index >= 15 is 0 Å². The maximum atomic E-state index is 12.4. The van der Waals surface area contributed by atoms with Crippen molar-refractivity contribution in [3.8, 4) is 0 Å². The molecule has 0 radical (unpaired) electrons. The highest BCUT2D eigenvalue weighted by Gasteiger charge is 2.29. The smallest absolute Gasteiger partial charge is 0.223 e. The van der Waals surface area contributed by atoms with Gasteiger partial charge < -0.3 is 15.4 Å². The van der Waals surface area contributed by atoms with E-state index in [0.29, 0.717) is 12.0 Å². The number of nitrogens with one attached hydrogen (secondary N) is 2. The van der Waals surface area contributed by atoms with Crippen LogP contribution in [0.4, 0.5) is 0 Å². The van der Waals surface area contributed by atoms with E-state index in [1.54, 1.807) is 0 Å². The number of hydrogen-bond donors (Lipinski definition) is 2. The van der Waals surface area contributed by atoms with Crippen molar-refractivity contribution in [3.63, 3.8) is 0 Å². The first kappa shape index (κ1) is 16.5. The summed E-state index contributed by atoms with van der Waals surface area (Å²) < 4.78 is 6.01. The van der Waals surface area contributed by atoms with Crippen LogP contribution >= 0.6 is 0 Å². The molecule has 0 saturated carbocycles. The topological polar surface area (TPSA) is 50.4 Å². The Labute approximate surface area is 139 Å². The third-order valence-electron chi connectivity index (χ3n) is 5.11. The van der Waals surface area contributed by atoms with Gasteiger partial charge in [-0.05, 0) is 44.7 Å². The minimum Gasteiger partial charge on any atom is -0.373 e. The molecule has 2 aliphatic rings. The van der Waals surface area contributed by atoms with Gasteiger partial charge in [-0.1, -0.05) is 30.3 Å².